The fourth-order valence-corrected chi connectivity index (χ4v) is 3.03. The van der Waals surface area contributed by atoms with Crippen LogP contribution in [0.5, 0.6) is 11.5 Å². The van der Waals surface area contributed by atoms with Crippen molar-refractivity contribution in [3.8, 4) is 11.5 Å². The molecule has 21 heavy (non-hydrogen) atoms. The first-order chi connectivity index (χ1) is 10.2. The summed E-state index contributed by atoms with van der Waals surface area (Å²) in [5, 5.41) is 3.39. The van der Waals surface area contributed by atoms with Gasteiger partial charge in [-0.05, 0) is 31.7 Å². The number of ether oxygens (including phenoxy) is 2. The maximum absolute atomic E-state index is 6.14. The molecule has 3 nitrogen and oxygen atoms in total. The minimum Gasteiger partial charge on any atom is -0.496 e. The normalized spacial score (nSPS) is 18.0. The second-order valence-corrected chi connectivity index (χ2v) is 5.48. The van der Waals surface area contributed by atoms with E-state index in [0.717, 1.165) is 23.5 Å². The van der Waals surface area contributed by atoms with Crippen molar-refractivity contribution in [3.05, 3.63) is 59.2 Å². The van der Waals surface area contributed by atoms with Crippen LogP contribution < -0.4 is 14.8 Å². The highest BCUT2D eigenvalue weighted by Crippen LogP contribution is 2.36. The predicted octanol–water partition coefficient (Wildman–Crippen LogP) is 3.27. The molecule has 0 saturated carbocycles. The van der Waals surface area contributed by atoms with Crippen molar-refractivity contribution in [1.29, 1.82) is 0 Å². The SMILES string of the molecule is CNC(c1cc(C)ccc1OC)C1Cc2ccccc2O1. The molecule has 2 aromatic rings. The summed E-state index contributed by atoms with van der Waals surface area (Å²) >= 11 is 0. The van der Waals surface area contributed by atoms with Crippen LogP contribution in [-0.2, 0) is 6.42 Å². The average molecular weight is 283 g/mol. The van der Waals surface area contributed by atoms with Gasteiger partial charge in [-0.25, -0.2) is 0 Å². The first-order valence-corrected chi connectivity index (χ1v) is 7.29. The lowest BCUT2D eigenvalue weighted by atomic mass is 9.95. The molecule has 1 heterocycles. The zero-order valence-corrected chi connectivity index (χ0v) is 12.7. The second-order valence-electron chi connectivity index (χ2n) is 5.48. The molecule has 0 spiro atoms. The van der Waals surface area contributed by atoms with E-state index in [1.165, 1.54) is 11.1 Å². The van der Waals surface area contributed by atoms with Gasteiger partial charge in [0, 0.05) is 12.0 Å². The zero-order valence-electron chi connectivity index (χ0n) is 12.7. The third kappa shape index (κ3) is 2.61. The van der Waals surface area contributed by atoms with Crippen LogP contribution in [0.4, 0.5) is 0 Å². The quantitative estimate of drug-likeness (QED) is 0.934. The van der Waals surface area contributed by atoms with Gasteiger partial charge in [-0.1, -0.05) is 35.9 Å². The van der Waals surface area contributed by atoms with Crippen molar-refractivity contribution in [3.63, 3.8) is 0 Å². The molecular formula is C18H21NO2. The molecule has 0 aliphatic carbocycles. The second kappa shape index (κ2) is 5.78. The summed E-state index contributed by atoms with van der Waals surface area (Å²) in [6.07, 6.45) is 1.00. The number of benzene rings is 2. The summed E-state index contributed by atoms with van der Waals surface area (Å²) in [5.74, 6) is 1.90. The largest absolute Gasteiger partial charge is 0.496 e. The van der Waals surface area contributed by atoms with E-state index in [4.69, 9.17) is 9.47 Å². The lowest BCUT2D eigenvalue weighted by Crippen LogP contribution is -2.33. The molecule has 1 aliphatic heterocycles. The lowest BCUT2D eigenvalue weighted by Gasteiger charge is -2.25. The van der Waals surface area contributed by atoms with Gasteiger partial charge in [0.15, 0.2) is 0 Å². The van der Waals surface area contributed by atoms with E-state index in [9.17, 15) is 0 Å². The monoisotopic (exact) mass is 283 g/mol. The highest BCUT2D eigenvalue weighted by atomic mass is 16.5. The number of para-hydroxylation sites is 1. The number of hydrogen-bond acceptors (Lipinski definition) is 3. The van der Waals surface area contributed by atoms with E-state index in [2.05, 4.69) is 36.5 Å². The van der Waals surface area contributed by atoms with E-state index in [1.54, 1.807) is 7.11 Å². The molecule has 110 valence electrons. The van der Waals surface area contributed by atoms with Crippen LogP contribution in [0.15, 0.2) is 42.5 Å². The molecule has 2 unspecified atom stereocenters. The van der Waals surface area contributed by atoms with Gasteiger partial charge in [0.1, 0.15) is 17.6 Å². The van der Waals surface area contributed by atoms with Gasteiger partial charge in [-0.15, -0.1) is 0 Å². The Balaban J connectivity index is 1.92. The van der Waals surface area contributed by atoms with Gasteiger partial charge in [0.2, 0.25) is 0 Å². The summed E-state index contributed by atoms with van der Waals surface area (Å²) in [6, 6.07) is 14.6. The van der Waals surface area contributed by atoms with Crippen LogP contribution in [-0.4, -0.2) is 20.3 Å². The Hall–Kier alpha value is -2.00. The van der Waals surface area contributed by atoms with Crippen LogP contribution in [0.25, 0.3) is 0 Å². The molecule has 2 aromatic carbocycles. The van der Waals surface area contributed by atoms with Gasteiger partial charge in [0.25, 0.3) is 0 Å². The Kier molecular flexibility index (Phi) is 3.84. The number of methoxy groups -OCH3 is 1. The molecule has 0 amide bonds. The molecular weight excluding hydrogens is 262 g/mol. The van der Waals surface area contributed by atoms with Gasteiger partial charge in [-0.2, -0.15) is 0 Å². The summed E-state index contributed by atoms with van der Waals surface area (Å²) in [4.78, 5) is 0. The number of fused-ring (bicyclic) bond motifs is 1. The summed E-state index contributed by atoms with van der Waals surface area (Å²) < 4.78 is 11.7. The van der Waals surface area contributed by atoms with Gasteiger partial charge < -0.3 is 14.8 Å². The van der Waals surface area contributed by atoms with E-state index in [-0.39, 0.29) is 12.1 Å². The van der Waals surface area contributed by atoms with Crippen molar-refractivity contribution in [2.24, 2.45) is 0 Å². The fourth-order valence-electron chi connectivity index (χ4n) is 3.03. The Morgan fingerprint density at radius 2 is 2.05 bits per heavy atom. The first-order valence-electron chi connectivity index (χ1n) is 7.29. The molecule has 2 atom stereocenters. The van der Waals surface area contributed by atoms with Crippen LogP contribution in [0.2, 0.25) is 0 Å². The number of aryl methyl sites for hydroxylation is 1. The summed E-state index contributed by atoms with van der Waals surface area (Å²) in [5.41, 5.74) is 3.65. The van der Waals surface area contributed by atoms with E-state index in [1.807, 2.05) is 25.2 Å². The standard InChI is InChI=1S/C18H21NO2/c1-12-8-9-16(20-3)14(10-12)18(19-2)17-11-13-6-4-5-7-15(13)21-17/h4-10,17-19H,11H2,1-3H3. The van der Waals surface area contributed by atoms with Crippen molar-refractivity contribution < 1.29 is 9.47 Å². The predicted molar refractivity (Wildman–Crippen MR) is 84.1 cm³/mol. The molecule has 3 heteroatoms. The molecule has 3 rings (SSSR count). The van der Waals surface area contributed by atoms with Crippen LogP contribution in [0, 0.1) is 6.92 Å². The Morgan fingerprint density at radius 1 is 1.24 bits per heavy atom. The van der Waals surface area contributed by atoms with Crippen molar-refractivity contribution >= 4 is 0 Å². The minimum absolute atomic E-state index is 0.0862. The lowest BCUT2D eigenvalue weighted by molar-refractivity contribution is 0.181. The molecule has 0 radical (unpaired) electrons. The highest BCUT2D eigenvalue weighted by Gasteiger charge is 2.31. The number of hydrogen-bond donors (Lipinski definition) is 1. The van der Waals surface area contributed by atoms with Crippen molar-refractivity contribution in [2.75, 3.05) is 14.2 Å². The fraction of sp³-hybridized carbons (Fsp3) is 0.333. The van der Waals surface area contributed by atoms with E-state index in [0.29, 0.717) is 0 Å². The maximum Gasteiger partial charge on any atom is 0.123 e. The molecule has 0 bridgehead atoms. The summed E-state index contributed by atoms with van der Waals surface area (Å²) in [6.45, 7) is 2.10. The first kappa shape index (κ1) is 14.0. The molecule has 1 aliphatic rings. The van der Waals surface area contributed by atoms with Crippen molar-refractivity contribution in [2.45, 2.75) is 25.5 Å². The van der Waals surface area contributed by atoms with Crippen LogP contribution in [0.3, 0.4) is 0 Å². The number of rotatable bonds is 4. The van der Waals surface area contributed by atoms with Crippen LogP contribution >= 0.6 is 0 Å². The average Bonchev–Trinajstić information content (AvgIpc) is 2.92. The Morgan fingerprint density at radius 3 is 2.76 bits per heavy atom. The minimum atomic E-state index is 0.0862. The molecule has 1 N–H and O–H groups in total. The third-order valence-corrected chi connectivity index (χ3v) is 4.08. The van der Waals surface area contributed by atoms with Crippen molar-refractivity contribution in [1.82, 2.24) is 5.32 Å². The van der Waals surface area contributed by atoms with Gasteiger partial charge in [0.05, 0.1) is 13.2 Å². The topological polar surface area (TPSA) is 30.5 Å². The van der Waals surface area contributed by atoms with Gasteiger partial charge >= 0.3 is 0 Å². The summed E-state index contributed by atoms with van der Waals surface area (Å²) in [7, 11) is 3.68. The smallest absolute Gasteiger partial charge is 0.123 e. The molecule has 0 aromatic heterocycles. The van der Waals surface area contributed by atoms with E-state index < -0.39 is 0 Å². The van der Waals surface area contributed by atoms with Crippen LogP contribution in [0.1, 0.15) is 22.7 Å². The number of likely N-dealkylation sites (N-methyl/N-ethyl adjacent to an activating group) is 1. The van der Waals surface area contributed by atoms with Gasteiger partial charge in [-0.3, -0.25) is 0 Å². The Labute approximate surface area is 125 Å². The number of nitrogens with one attached hydrogen (secondary N) is 1. The molecule has 0 fully saturated rings. The highest BCUT2D eigenvalue weighted by molar-refractivity contribution is 5.43. The third-order valence-electron chi connectivity index (χ3n) is 4.08. The maximum atomic E-state index is 6.14. The Bertz CT molecular complexity index is 614. The van der Waals surface area contributed by atoms with E-state index >= 15 is 0 Å². The molecule has 0 saturated heterocycles. The zero-order chi connectivity index (χ0) is 14.8.